The SMILES string of the molecule is CCN1CC(C)n2cc(CC3SC(Cc4ccc(F)cc4)=NN3C)c(=O)c(O)c2C1=O. The molecule has 2 atom stereocenters. The number of thioether (sulfide) groups is 1. The van der Waals surface area contributed by atoms with Crippen LogP contribution in [-0.4, -0.2) is 56.0 Å². The number of hydrogen-bond acceptors (Lipinski definition) is 6. The van der Waals surface area contributed by atoms with Gasteiger partial charge >= 0.3 is 0 Å². The van der Waals surface area contributed by atoms with Crippen LogP contribution in [0.15, 0.2) is 40.4 Å². The molecule has 2 aliphatic heterocycles. The molecule has 0 saturated carbocycles. The van der Waals surface area contributed by atoms with Crippen molar-refractivity contribution in [3.63, 3.8) is 0 Å². The van der Waals surface area contributed by atoms with Gasteiger partial charge < -0.3 is 14.6 Å². The number of benzene rings is 1. The molecule has 1 aromatic carbocycles. The lowest BCUT2D eigenvalue weighted by Gasteiger charge is -2.34. The van der Waals surface area contributed by atoms with Gasteiger partial charge in [0.05, 0.1) is 5.04 Å². The van der Waals surface area contributed by atoms with E-state index in [4.69, 9.17) is 0 Å². The summed E-state index contributed by atoms with van der Waals surface area (Å²) in [6, 6.07) is 6.28. The third-order valence-electron chi connectivity index (χ3n) is 5.74. The van der Waals surface area contributed by atoms with Gasteiger partial charge in [-0.15, -0.1) is 0 Å². The summed E-state index contributed by atoms with van der Waals surface area (Å²) in [7, 11) is 1.84. The van der Waals surface area contributed by atoms with Crippen molar-refractivity contribution in [3.05, 3.63) is 63.3 Å². The molecule has 1 amide bonds. The van der Waals surface area contributed by atoms with Crippen LogP contribution in [-0.2, 0) is 12.8 Å². The standard InChI is InChI=1S/C22H25FN4O3S/c1-4-26-11-13(2)27-12-15(20(28)21(29)19(27)22(26)30)10-18-25(3)24-17(31-18)9-14-5-7-16(23)8-6-14/h5-8,12-13,18,29H,4,9-11H2,1-3H3. The number of carbonyl (C=O) groups is 1. The number of carbonyl (C=O) groups excluding carboxylic acids is 1. The molecular weight excluding hydrogens is 419 g/mol. The van der Waals surface area contributed by atoms with Gasteiger partial charge in [0.1, 0.15) is 11.2 Å². The molecule has 164 valence electrons. The van der Waals surface area contributed by atoms with Gasteiger partial charge in [0.15, 0.2) is 11.4 Å². The van der Waals surface area contributed by atoms with Crippen LogP contribution >= 0.6 is 11.8 Å². The Balaban J connectivity index is 1.54. The van der Waals surface area contributed by atoms with Crippen molar-refractivity contribution in [1.29, 1.82) is 0 Å². The second kappa shape index (κ2) is 8.37. The Kier molecular flexibility index (Phi) is 5.79. The van der Waals surface area contributed by atoms with Gasteiger partial charge in [-0.3, -0.25) is 14.6 Å². The first-order valence-electron chi connectivity index (χ1n) is 10.3. The van der Waals surface area contributed by atoms with Gasteiger partial charge in [-0.1, -0.05) is 23.9 Å². The molecule has 0 fully saturated rings. The lowest BCUT2D eigenvalue weighted by Crippen LogP contribution is -2.43. The lowest BCUT2D eigenvalue weighted by atomic mass is 10.1. The fourth-order valence-electron chi connectivity index (χ4n) is 4.00. The van der Waals surface area contributed by atoms with E-state index in [1.165, 1.54) is 12.1 Å². The molecule has 0 radical (unpaired) electrons. The van der Waals surface area contributed by atoms with Crippen LogP contribution in [0.4, 0.5) is 4.39 Å². The zero-order chi connectivity index (χ0) is 22.3. The fraction of sp³-hybridized carbons (Fsp3) is 0.409. The van der Waals surface area contributed by atoms with Crippen LogP contribution in [0.25, 0.3) is 0 Å². The van der Waals surface area contributed by atoms with Crippen molar-refractivity contribution in [2.24, 2.45) is 5.10 Å². The van der Waals surface area contributed by atoms with Crippen LogP contribution in [0.5, 0.6) is 5.75 Å². The molecule has 2 aromatic rings. The predicted molar refractivity (Wildman–Crippen MR) is 119 cm³/mol. The zero-order valence-electron chi connectivity index (χ0n) is 17.7. The normalized spacial score (nSPS) is 20.8. The Labute approximate surface area is 184 Å². The highest BCUT2D eigenvalue weighted by molar-refractivity contribution is 8.14. The molecule has 1 aromatic heterocycles. The molecule has 4 rings (SSSR count). The maximum atomic E-state index is 13.1. The Morgan fingerprint density at radius 3 is 2.65 bits per heavy atom. The monoisotopic (exact) mass is 444 g/mol. The van der Waals surface area contributed by atoms with E-state index in [2.05, 4.69) is 5.10 Å². The third-order valence-corrected chi connectivity index (χ3v) is 6.98. The quantitative estimate of drug-likeness (QED) is 0.767. The number of aromatic nitrogens is 1. The number of aromatic hydroxyl groups is 1. The minimum absolute atomic E-state index is 0.0443. The fourth-order valence-corrected chi connectivity index (χ4v) is 5.21. The van der Waals surface area contributed by atoms with Gasteiger partial charge in [-0.05, 0) is 31.5 Å². The number of hydrazone groups is 1. The van der Waals surface area contributed by atoms with E-state index >= 15 is 0 Å². The van der Waals surface area contributed by atoms with E-state index in [-0.39, 0.29) is 28.8 Å². The highest BCUT2D eigenvalue weighted by Gasteiger charge is 2.33. The molecule has 7 nitrogen and oxygen atoms in total. The minimum Gasteiger partial charge on any atom is -0.503 e. The van der Waals surface area contributed by atoms with E-state index in [1.54, 1.807) is 44.6 Å². The molecule has 0 saturated heterocycles. The topological polar surface area (TPSA) is 78.1 Å². The predicted octanol–water partition coefficient (Wildman–Crippen LogP) is 2.83. The van der Waals surface area contributed by atoms with Crippen LogP contribution in [0.1, 0.15) is 41.5 Å². The Morgan fingerprint density at radius 2 is 1.97 bits per heavy atom. The van der Waals surface area contributed by atoms with Crippen LogP contribution in [0.2, 0.25) is 0 Å². The number of hydrogen-bond donors (Lipinski definition) is 1. The van der Waals surface area contributed by atoms with E-state index in [0.717, 1.165) is 10.6 Å². The number of halogens is 1. The molecule has 0 aliphatic carbocycles. The van der Waals surface area contributed by atoms with Crippen molar-refractivity contribution in [3.8, 4) is 5.75 Å². The number of pyridine rings is 1. The molecule has 2 unspecified atom stereocenters. The van der Waals surface area contributed by atoms with Crippen LogP contribution in [0, 0.1) is 5.82 Å². The van der Waals surface area contributed by atoms with E-state index < -0.39 is 11.2 Å². The molecular formula is C22H25FN4O3S. The van der Waals surface area contributed by atoms with E-state index in [0.29, 0.717) is 31.5 Å². The maximum Gasteiger partial charge on any atom is 0.274 e. The number of likely N-dealkylation sites (N-methyl/N-ethyl adjacent to an activating group) is 2. The third kappa shape index (κ3) is 4.06. The molecule has 1 N–H and O–H groups in total. The molecule has 31 heavy (non-hydrogen) atoms. The Bertz CT molecular complexity index is 1100. The van der Waals surface area contributed by atoms with Gasteiger partial charge in [0.2, 0.25) is 5.43 Å². The summed E-state index contributed by atoms with van der Waals surface area (Å²) in [4.78, 5) is 27.1. The largest absolute Gasteiger partial charge is 0.503 e. The van der Waals surface area contributed by atoms with Crippen molar-refractivity contribution in [2.45, 2.75) is 38.1 Å². The molecule has 0 bridgehead atoms. The van der Waals surface area contributed by atoms with Crippen molar-refractivity contribution in [1.82, 2.24) is 14.5 Å². The summed E-state index contributed by atoms with van der Waals surface area (Å²) in [6.07, 6.45) is 2.67. The summed E-state index contributed by atoms with van der Waals surface area (Å²) in [6.45, 7) is 4.90. The van der Waals surface area contributed by atoms with E-state index in [1.807, 2.05) is 20.9 Å². The first kappa shape index (κ1) is 21.4. The van der Waals surface area contributed by atoms with Crippen molar-refractivity contribution >= 4 is 22.7 Å². The zero-order valence-corrected chi connectivity index (χ0v) is 18.5. The summed E-state index contributed by atoms with van der Waals surface area (Å²) >= 11 is 1.55. The first-order valence-corrected chi connectivity index (χ1v) is 11.1. The smallest absolute Gasteiger partial charge is 0.274 e. The Hall–Kier alpha value is -2.81. The van der Waals surface area contributed by atoms with Gasteiger partial charge in [0, 0.05) is 50.8 Å². The lowest BCUT2D eigenvalue weighted by molar-refractivity contribution is 0.0678. The second-order valence-corrected chi connectivity index (χ2v) is 9.18. The summed E-state index contributed by atoms with van der Waals surface area (Å²) in [5.74, 6) is -1.08. The van der Waals surface area contributed by atoms with Gasteiger partial charge in [0.25, 0.3) is 5.91 Å². The van der Waals surface area contributed by atoms with Gasteiger partial charge in [-0.25, -0.2) is 4.39 Å². The van der Waals surface area contributed by atoms with Crippen molar-refractivity contribution in [2.75, 3.05) is 20.1 Å². The number of fused-ring (bicyclic) bond motifs is 1. The Morgan fingerprint density at radius 1 is 1.26 bits per heavy atom. The van der Waals surface area contributed by atoms with Crippen LogP contribution < -0.4 is 5.43 Å². The molecule has 2 aliphatic rings. The van der Waals surface area contributed by atoms with E-state index in [9.17, 15) is 19.1 Å². The average molecular weight is 445 g/mol. The summed E-state index contributed by atoms with van der Waals surface area (Å²) < 4.78 is 14.9. The second-order valence-electron chi connectivity index (χ2n) is 7.93. The average Bonchev–Trinajstić information content (AvgIpc) is 3.08. The number of amides is 1. The van der Waals surface area contributed by atoms with Gasteiger partial charge in [-0.2, -0.15) is 5.10 Å². The first-order chi connectivity index (χ1) is 14.8. The maximum absolute atomic E-state index is 13.1. The molecule has 3 heterocycles. The van der Waals surface area contributed by atoms with Crippen LogP contribution in [0.3, 0.4) is 0 Å². The summed E-state index contributed by atoms with van der Waals surface area (Å²) in [5.41, 5.74) is 0.968. The minimum atomic E-state index is -0.509. The number of rotatable bonds is 5. The number of nitrogens with zero attached hydrogens (tertiary/aromatic N) is 4. The highest BCUT2D eigenvalue weighted by atomic mass is 32.2. The van der Waals surface area contributed by atoms with Crippen molar-refractivity contribution < 1.29 is 14.3 Å². The highest BCUT2D eigenvalue weighted by Crippen LogP contribution is 2.31. The summed E-state index contributed by atoms with van der Waals surface area (Å²) in [5, 5.41) is 17.7. The molecule has 9 heteroatoms. The molecule has 0 spiro atoms.